The van der Waals surface area contributed by atoms with Crippen molar-refractivity contribution in [2.75, 3.05) is 5.32 Å². The highest BCUT2D eigenvalue weighted by atomic mass is 35.5. The Bertz CT molecular complexity index is 469. The standard InChI is InChI=1S/C14H17Cl2NO/c1-3-8(4-2)14(16)10-5-9-6-13(18)17-12(9)7-11(10)15/h5,7-8,14H,3-4,6H2,1-2H3,(H,17,18). The Kier molecular flexibility index (Phi) is 4.18. The first kappa shape index (κ1) is 13.7. The van der Waals surface area contributed by atoms with Crippen LogP contribution in [0, 0.1) is 5.92 Å². The molecular formula is C14H17Cl2NO. The van der Waals surface area contributed by atoms with Crippen molar-refractivity contribution in [2.24, 2.45) is 5.92 Å². The largest absolute Gasteiger partial charge is 0.325 e. The molecule has 0 spiro atoms. The van der Waals surface area contributed by atoms with Gasteiger partial charge in [0, 0.05) is 10.7 Å². The molecule has 1 aliphatic rings. The van der Waals surface area contributed by atoms with Crippen LogP contribution < -0.4 is 5.32 Å². The third kappa shape index (κ3) is 2.50. The van der Waals surface area contributed by atoms with Crippen LogP contribution in [0.4, 0.5) is 5.69 Å². The van der Waals surface area contributed by atoms with E-state index in [9.17, 15) is 4.79 Å². The molecule has 2 rings (SSSR count). The van der Waals surface area contributed by atoms with Gasteiger partial charge in [0.15, 0.2) is 0 Å². The summed E-state index contributed by atoms with van der Waals surface area (Å²) in [6.07, 6.45) is 2.47. The third-order valence-corrected chi connectivity index (χ3v) is 4.53. The molecule has 1 amide bonds. The highest BCUT2D eigenvalue weighted by molar-refractivity contribution is 6.33. The van der Waals surface area contributed by atoms with E-state index in [1.165, 1.54) is 0 Å². The average molecular weight is 286 g/mol. The zero-order valence-corrected chi connectivity index (χ0v) is 12.1. The van der Waals surface area contributed by atoms with Crippen molar-refractivity contribution < 1.29 is 4.79 Å². The van der Waals surface area contributed by atoms with Crippen LogP contribution in [0.2, 0.25) is 5.02 Å². The zero-order valence-electron chi connectivity index (χ0n) is 10.6. The number of fused-ring (bicyclic) bond motifs is 1. The lowest BCUT2D eigenvalue weighted by atomic mass is 9.92. The van der Waals surface area contributed by atoms with Gasteiger partial charge in [-0.25, -0.2) is 0 Å². The molecule has 1 aromatic carbocycles. The van der Waals surface area contributed by atoms with Crippen molar-refractivity contribution in [1.29, 1.82) is 0 Å². The number of benzene rings is 1. The van der Waals surface area contributed by atoms with Crippen molar-refractivity contribution in [3.63, 3.8) is 0 Å². The zero-order chi connectivity index (χ0) is 13.3. The number of alkyl halides is 1. The van der Waals surface area contributed by atoms with Crippen LogP contribution in [0.1, 0.15) is 43.2 Å². The first-order valence-corrected chi connectivity index (χ1v) is 7.14. The molecule has 0 saturated heterocycles. The van der Waals surface area contributed by atoms with Crippen molar-refractivity contribution in [3.05, 3.63) is 28.3 Å². The average Bonchev–Trinajstić information content (AvgIpc) is 2.68. The molecule has 1 aromatic rings. The second kappa shape index (κ2) is 5.50. The van der Waals surface area contributed by atoms with Gasteiger partial charge in [0.25, 0.3) is 0 Å². The summed E-state index contributed by atoms with van der Waals surface area (Å²) in [5.74, 6) is 0.430. The lowest BCUT2D eigenvalue weighted by Gasteiger charge is -2.21. The fourth-order valence-electron chi connectivity index (χ4n) is 2.43. The molecule has 1 aliphatic heterocycles. The lowest BCUT2D eigenvalue weighted by molar-refractivity contribution is -0.115. The van der Waals surface area contributed by atoms with E-state index in [0.717, 1.165) is 29.7 Å². The van der Waals surface area contributed by atoms with E-state index >= 15 is 0 Å². The van der Waals surface area contributed by atoms with Crippen LogP contribution in [-0.4, -0.2) is 5.91 Å². The number of amides is 1. The van der Waals surface area contributed by atoms with Crippen LogP contribution in [-0.2, 0) is 11.2 Å². The van der Waals surface area contributed by atoms with Gasteiger partial charge in [-0.05, 0) is 23.1 Å². The molecule has 0 fully saturated rings. The van der Waals surface area contributed by atoms with Gasteiger partial charge >= 0.3 is 0 Å². The highest BCUT2D eigenvalue weighted by Gasteiger charge is 2.25. The normalized spacial score (nSPS) is 15.7. The van der Waals surface area contributed by atoms with Gasteiger partial charge in [-0.3, -0.25) is 4.79 Å². The maximum absolute atomic E-state index is 11.4. The number of hydrogen-bond acceptors (Lipinski definition) is 1. The van der Waals surface area contributed by atoms with Crippen molar-refractivity contribution in [3.8, 4) is 0 Å². The van der Waals surface area contributed by atoms with Crippen molar-refractivity contribution in [1.82, 2.24) is 0 Å². The Morgan fingerprint density at radius 3 is 2.61 bits per heavy atom. The van der Waals surface area contributed by atoms with E-state index in [0.29, 0.717) is 17.4 Å². The van der Waals surface area contributed by atoms with Crippen LogP contribution >= 0.6 is 23.2 Å². The first-order chi connectivity index (χ1) is 8.56. The Hall–Kier alpha value is -0.730. The minimum Gasteiger partial charge on any atom is -0.325 e. The number of halogens is 2. The van der Waals surface area contributed by atoms with Crippen LogP contribution in [0.25, 0.3) is 0 Å². The summed E-state index contributed by atoms with van der Waals surface area (Å²) in [7, 11) is 0. The molecule has 98 valence electrons. The van der Waals surface area contributed by atoms with Gasteiger partial charge in [0.1, 0.15) is 0 Å². The maximum Gasteiger partial charge on any atom is 0.228 e. The Morgan fingerprint density at radius 1 is 1.33 bits per heavy atom. The molecule has 2 nitrogen and oxygen atoms in total. The highest BCUT2D eigenvalue weighted by Crippen LogP contribution is 2.40. The van der Waals surface area contributed by atoms with Crippen LogP contribution in [0.3, 0.4) is 0 Å². The van der Waals surface area contributed by atoms with Crippen LogP contribution in [0.5, 0.6) is 0 Å². The van der Waals surface area contributed by atoms with Crippen LogP contribution in [0.15, 0.2) is 12.1 Å². The van der Waals surface area contributed by atoms with Gasteiger partial charge in [-0.15, -0.1) is 11.6 Å². The number of carbonyl (C=O) groups excluding carboxylic acids is 1. The Balaban J connectivity index is 2.35. The van der Waals surface area contributed by atoms with Crippen molar-refractivity contribution >= 4 is 34.8 Å². The van der Waals surface area contributed by atoms with E-state index in [1.54, 1.807) is 0 Å². The molecule has 0 aliphatic carbocycles. The third-order valence-electron chi connectivity index (χ3n) is 3.61. The maximum atomic E-state index is 11.4. The number of anilines is 1. The molecule has 1 N–H and O–H groups in total. The van der Waals surface area contributed by atoms with E-state index in [-0.39, 0.29) is 11.3 Å². The molecule has 0 bridgehead atoms. The Labute approximate surface area is 118 Å². The number of nitrogens with one attached hydrogen (secondary N) is 1. The summed E-state index contributed by atoms with van der Waals surface area (Å²) >= 11 is 12.8. The topological polar surface area (TPSA) is 29.1 Å². The number of carbonyl (C=O) groups is 1. The van der Waals surface area contributed by atoms with Gasteiger partial charge in [0.05, 0.1) is 11.8 Å². The lowest BCUT2D eigenvalue weighted by Crippen LogP contribution is -2.07. The predicted molar refractivity (Wildman–Crippen MR) is 76.5 cm³/mol. The molecule has 18 heavy (non-hydrogen) atoms. The van der Waals surface area contributed by atoms with E-state index in [1.807, 2.05) is 12.1 Å². The quantitative estimate of drug-likeness (QED) is 0.808. The monoisotopic (exact) mass is 285 g/mol. The molecule has 0 aromatic heterocycles. The van der Waals surface area contributed by atoms with Gasteiger partial charge in [-0.2, -0.15) is 0 Å². The molecule has 4 heteroatoms. The fraction of sp³-hybridized carbons (Fsp3) is 0.500. The molecule has 0 radical (unpaired) electrons. The minimum absolute atomic E-state index is 0.0203. The van der Waals surface area contributed by atoms with Gasteiger partial charge in [0.2, 0.25) is 5.91 Å². The predicted octanol–water partition coefficient (Wildman–Crippen LogP) is 4.55. The SMILES string of the molecule is CCC(CC)C(Cl)c1cc2c(cc1Cl)NC(=O)C2. The summed E-state index contributed by atoms with van der Waals surface area (Å²) in [6.45, 7) is 4.27. The number of rotatable bonds is 4. The summed E-state index contributed by atoms with van der Waals surface area (Å²) in [4.78, 5) is 11.4. The van der Waals surface area contributed by atoms with Gasteiger partial charge < -0.3 is 5.32 Å². The molecule has 1 atom stereocenters. The van der Waals surface area contributed by atoms with E-state index in [4.69, 9.17) is 23.2 Å². The smallest absolute Gasteiger partial charge is 0.228 e. The second-order valence-corrected chi connectivity index (χ2v) is 5.61. The summed E-state index contributed by atoms with van der Waals surface area (Å²) in [5.41, 5.74) is 2.76. The number of hydrogen-bond donors (Lipinski definition) is 1. The molecule has 1 unspecified atom stereocenters. The molecule has 0 saturated carbocycles. The first-order valence-electron chi connectivity index (χ1n) is 6.33. The summed E-state index contributed by atoms with van der Waals surface area (Å²) in [5, 5.41) is 3.35. The second-order valence-electron chi connectivity index (χ2n) is 4.73. The summed E-state index contributed by atoms with van der Waals surface area (Å²) in [6, 6.07) is 3.79. The van der Waals surface area contributed by atoms with E-state index in [2.05, 4.69) is 19.2 Å². The van der Waals surface area contributed by atoms with Gasteiger partial charge in [-0.1, -0.05) is 44.4 Å². The van der Waals surface area contributed by atoms with E-state index < -0.39 is 0 Å². The van der Waals surface area contributed by atoms with Crippen molar-refractivity contribution in [2.45, 2.75) is 38.5 Å². The fourth-order valence-corrected chi connectivity index (χ4v) is 3.31. The molecular weight excluding hydrogens is 269 g/mol. The molecule has 1 heterocycles. The minimum atomic E-state index is -0.0893. The Morgan fingerprint density at radius 2 is 2.00 bits per heavy atom. The summed E-state index contributed by atoms with van der Waals surface area (Å²) < 4.78 is 0.